The zero-order chi connectivity index (χ0) is 30.8. The highest BCUT2D eigenvalue weighted by atomic mass is 35.5. The third kappa shape index (κ3) is 8.71. The molecule has 0 bridgehead atoms. The summed E-state index contributed by atoms with van der Waals surface area (Å²) in [4.78, 5) is 50.8. The van der Waals surface area contributed by atoms with Crippen molar-refractivity contribution < 1.29 is 29.0 Å². The predicted octanol–water partition coefficient (Wildman–Crippen LogP) is 6.19. The van der Waals surface area contributed by atoms with Crippen LogP contribution in [-0.2, 0) is 9.59 Å². The van der Waals surface area contributed by atoms with Crippen LogP contribution in [0.4, 0.5) is 11.4 Å². The first-order valence-corrected chi connectivity index (χ1v) is 14.2. The second-order valence-electron chi connectivity index (χ2n) is 8.94. The topological polar surface area (TPSA) is 134 Å². The van der Waals surface area contributed by atoms with Crippen molar-refractivity contribution in [1.29, 1.82) is 0 Å². The molecule has 0 radical (unpaired) electrons. The molecule has 4 N–H and O–H groups in total. The monoisotopic (exact) mass is 615 g/mol. The maximum atomic E-state index is 13.4. The van der Waals surface area contributed by atoms with Crippen molar-refractivity contribution in [2.24, 2.45) is 0 Å². The van der Waals surface area contributed by atoms with Gasteiger partial charge in [-0.2, -0.15) is 0 Å². The Labute approximate surface area is 256 Å². The number of halogens is 1. The van der Waals surface area contributed by atoms with E-state index in [0.717, 1.165) is 0 Å². The lowest BCUT2D eigenvalue weighted by molar-refractivity contribution is -0.114. The molecule has 0 saturated heterocycles. The molecule has 9 nitrogen and oxygen atoms in total. The third-order valence-corrected chi connectivity index (χ3v) is 7.23. The molecule has 0 aliphatic carbocycles. The van der Waals surface area contributed by atoms with E-state index in [1.165, 1.54) is 43.1 Å². The SMILES string of the molecule is COc1ccccc1/C=C(/NC(=O)c1ccccc1)C(=O)Nc1cccc(SCC(=O)Nc2ccc(Cl)c(C(=O)O)c2)c1. The Morgan fingerprint density at radius 2 is 1.58 bits per heavy atom. The van der Waals surface area contributed by atoms with Crippen LogP contribution in [0.25, 0.3) is 6.08 Å². The Hall–Kier alpha value is -5.06. The number of ether oxygens (including phenoxy) is 1. The van der Waals surface area contributed by atoms with Crippen LogP contribution in [0.1, 0.15) is 26.3 Å². The van der Waals surface area contributed by atoms with Gasteiger partial charge >= 0.3 is 5.97 Å². The van der Waals surface area contributed by atoms with Crippen LogP contribution in [0, 0.1) is 0 Å². The molecule has 0 aromatic heterocycles. The van der Waals surface area contributed by atoms with Gasteiger partial charge in [-0.15, -0.1) is 11.8 Å². The molecule has 0 aliphatic heterocycles. The largest absolute Gasteiger partial charge is 0.496 e. The van der Waals surface area contributed by atoms with Crippen molar-refractivity contribution in [2.45, 2.75) is 4.90 Å². The zero-order valence-corrected chi connectivity index (χ0v) is 24.4. The number of hydrogen-bond acceptors (Lipinski definition) is 6. The fraction of sp³-hybridized carbons (Fsp3) is 0.0625. The highest BCUT2D eigenvalue weighted by molar-refractivity contribution is 8.00. The van der Waals surface area contributed by atoms with Gasteiger partial charge in [0.05, 0.1) is 23.4 Å². The van der Waals surface area contributed by atoms with E-state index in [1.807, 2.05) is 0 Å². The highest BCUT2D eigenvalue weighted by Crippen LogP contribution is 2.25. The number of carbonyl (C=O) groups excluding carboxylic acids is 3. The quantitative estimate of drug-likeness (QED) is 0.117. The van der Waals surface area contributed by atoms with Crippen molar-refractivity contribution in [1.82, 2.24) is 5.32 Å². The number of rotatable bonds is 11. The predicted molar refractivity (Wildman–Crippen MR) is 168 cm³/mol. The minimum atomic E-state index is -1.20. The number of hydrogen-bond donors (Lipinski definition) is 4. The number of aromatic carboxylic acids is 1. The summed E-state index contributed by atoms with van der Waals surface area (Å²) >= 11 is 7.11. The minimum Gasteiger partial charge on any atom is -0.496 e. The van der Waals surface area contributed by atoms with E-state index in [4.69, 9.17) is 16.3 Å². The van der Waals surface area contributed by atoms with Gasteiger partial charge in [0.1, 0.15) is 11.4 Å². The molecule has 4 aromatic rings. The molecule has 0 fully saturated rings. The fourth-order valence-corrected chi connectivity index (χ4v) is 4.81. The minimum absolute atomic E-state index is 0.000480. The summed E-state index contributed by atoms with van der Waals surface area (Å²) < 4.78 is 5.40. The Morgan fingerprint density at radius 1 is 0.860 bits per heavy atom. The van der Waals surface area contributed by atoms with Gasteiger partial charge in [-0.3, -0.25) is 14.4 Å². The first kappa shape index (κ1) is 30.9. The van der Waals surface area contributed by atoms with Crippen molar-refractivity contribution in [3.8, 4) is 5.75 Å². The lowest BCUT2D eigenvalue weighted by atomic mass is 10.1. The standard InChI is InChI=1S/C32H26ClN3O6S/c1-42-28-13-6-5-10-21(28)16-27(36-30(38)20-8-3-2-4-9-20)31(39)35-22-11-7-12-24(17-22)43-19-29(37)34-23-14-15-26(33)25(18-23)32(40)41/h2-18H,19H2,1H3,(H,34,37)(H,35,39)(H,36,38)(H,40,41)/b27-16+. The molecule has 11 heteroatoms. The van der Waals surface area contributed by atoms with Crippen LogP contribution < -0.4 is 20.7 Å². The number of amides is 3. The molecule has 0 spiro atoms. The van der Waals surface area contributed by atoms with Gasteiger partial charge in [0.25, 0.3) is 11.8 Å². The van der Waals surface area contributed by atoms with Gasteiger partial charge in [0.2, 0.25) is 5.91 Å². The van der Waals surface area contributed by atoms with Crippen LogP contribution in [0.5, 0.6) is 5.75 Å². The van der Waals surface area contributed by atoms with Crippen LogP contribution in [0.2, 0.25) is 5.02 Å². The summed E-state index contributed by atoms with van der Waals surface area (Å²) in [6, 6.07) is 26.7. The number of carboxylic acid groups (broad SMARTS) is 1. The number of benzene rings is 4. The summed E-state index contributed by atoms with van der Waals surface area (Å²) in [7, 11) is 1.52. The Kier molecular flexibility index (Phi) is 10.6. The van der Waals surface area contributed by atoms with Crippen LogP contribution in [-0.4, -0.2) is 41.7 Å². The molecular weight excluding hydrogens is 590 g/mol. The summed E-state index contributed by atoms with van der Waals surface area (Å²) in [5.74, 6) is -2.03. The second kappa shape index (κ2) is 14.7. The molecular formula is C32H26ClN3O6S. The first-order chi connectivity index (χ1) is 20.7. The van der Waals surface area contributed by atoms with Gasteiger partial charge in [-0.25, -0.2) is 4.79 Å². The Morgan fingerprint density at radius 3 is 2.33 bits per heavy atom. The molecule has 0 saturated carbocycles. The highest BCUT2D eigenvalue weighted by Gasteiger charge is 2.17. The van der Waals surface area contributed by atoms with Crippen molar-refractivity contribution in [3.05, 3.63) is 124 Å². The van der Waals surface area contributed by atoms with E-state index in [9.17, 15) is 24.3 Å². The normalized spacial score (nSPS) is 10.9. The molecule has 0 aliphatic rings. The molecule has 0 heterocycles. The number of nitrogens with one attached hydrogen (secondary N) is 3. The molecule has 0 atom stereocenters. The average Bonchev–Trinajstić information content (AvgIpc) is 3.01. The van der Waals surface area contributed by atoms with Gasteiger partial charge in [-0.05, 0) is 60.7 Å². The number of carboxylic acids is 1. The maximum absolute atomic E-state index is 13.4. The van der Waals surface area contributed by atoms with Crippen molar-refractivity contribution in [3.63, 3.8) is 0 Å². The Bertz CT molecular complexity index is 1690. The number of anilines is 2. The Balaban J connectivity index is 1.46. The lowest BCUT2D eigenvalue weighted by Crippen LogP contribution is -2.30. The number of carbonyl (C=O) groups is 4. The number of thioether (sulfide) groups is 1. The van der Waals surface area contributed by atoms with E-state index in [1.54, 1.807) is 78.9 Å². The smallest absolute Gasteiger partial charge is 0.337 e. The lowest BCUT2D eigenvalue weighted by Gasteiger charge is -2.13. The fourth-order valence-electron chi connectivity index (χ4n) is 3.86. The van der Waals surface area contributed by atoms with Crippen LogP contribution in [0.15, 0.2) is 108 Å². The van der Waals surface area contributed by atoms with E-state index in [2.05, 4.69) is 16.0 Å². The molecule has 4 aromatic carbocycles. The first-order valence-electron chi connectivity index (χ1n) is 12.8. The van der Waals surface area contributed by atoms with Gasteiger partial charge in [0, 0.05) is 27.4 Å². The summed E-state index contributed by atoms with van der Waals surface area (Å²) in [6.07, 6.45) is 1.53. The molecule has 0 unspecified atom stereocenters. The molecule has 4 rings (SSSR count). The molecule has 3 amide bonds. The summed E-state index contributed by atoms with van der Waals surface area (Å²) in [6.45, 7) is 0. The summed E-state index contributed by atoms with van der Waals surface area (Å²) in [5.41, 5.74) is 1.61. The van der Waals surface area contributed by atoms with Crippen LogP contribution in [0.3, 0.4) is 0 Å². The maximum Gasteiger partial charge on any atom is 0.337 e. The third-order valence-electron chi connectivity index (χ3n) is 5.91. The summed E-state index contributed by atoms with van der Waals surface area (Å²) in [5, 5.41) is 17.4. The van der Waals surface area contributed by atoms with Gasteiger partial charge < -0.3 is 25.8 Å². The van der Waals surface area contributed by atoms with E-state index in [0.29, 0.717) is 33.1 Å². The second-order valence-corrected chi connectivity index (χ2v) is 10.4. The molecule has 218 valence electrons. The zero-order valence-electron chi connectivity index (χ0n) is 22.8. The van der Waals surface area contributed by atoms with E-state index >= 15 is 0 Å². The number of para-hydroxylation sites is 1. The van der Waals surface area contributed by atoms with Gasteiger partial charge in [-0.1, -0.05) is 54.1 Å². The van der Waals surface area contributed by atoms with Crippen molar-refractivity contribution in [2.75, 3.05) is 23.5 Å². The van der Waals surface area contributed by atoms with Crippen LogP contribution >= 0.6 is 23.4 Å². The van der Waals surface area contributed by atoms with Gasteiger partial charge in [0.15, 0.2) is 0 Å². The van der Waals surface area contributed by atoms with Crippen molar-refractivity contribution >= 4 is 64.5 Å². The molecule has 43 heavy (non-hydrogen) atoms. The number of methoxy groups -OCH3 is 1. The average molecular weight is 616 g/mol. The van der Waals surface area contributed by atoms with E-state index in [-0.39, 0.29) is 27.9 Å². The van der Waals surface area contributed by atoms with E-state index < -0.39 is 17.8 Å².